The van der Waals surface area contributed by atoms with Crippen LogP contribution in [0.1, 0.15) is 34.1 Å². The van der Waals surface area contributed by atoms with Gasteiger partial charge in [-0.1, -0.05) is 51.7 Å². The first-order chi connectivity index (χ1) is 10.2. The Morgan fingerprint density at radius 2 is 1.90 bits per heavy atom. The Kier molecular flexibility index (Phi) is 20.3. The van der Waals surface area contributed by atoms with Gasteiger partial charge < -0.3 is 10.6 Å². The standard InChI is InChI=1S/C16H28N2S.C2H6/c1-5-11-18-16(15(3)4)10-8-7-9-12-17-13-14-19-6-2;1-2/h5,7,9-10,17-18H,1,3,6,8,11-14H2,2,4H3;1-2H3/b9-7+,16-10-;. The second-order valence-corrected chi connectivity index (χ2v) is 5.57. The van der Waals surface area contributed by atoms with E-state index in [4.69, 9.17) is 0 Å². The van der Waals surface area contributed by atoms with E-state index >= 15 is 0 Å². The Morgan fingerprint density at radius 3 is 2.48 bits per heavy atom. The fourth-order valence-corrected chi connectivity index (χ4v) is 2.00. The van der Waals surface area contributed by atoms with Crippen LogP contribution in [-0.2, 0) is 0 Å². The van der Waals surface area contributed by atoms with E-state index in [1.807, 2.05) is 38.6 Å². The van der Waals surface area contributed by atoms with Gasteiger partial charge in [0, 0.05) is 31.1 Å². The summed E-state index contributed by atoms with van der Waals surface area (Å²) < 4.78 is 0. The predicted octanol–water partition coefficient (Wildman–Crippen LogP) is 4.54. The average molecular weight is 311 g/mol. The van der Waals surface area contributed by atoms with E-state index in [0.717, 1.165) is 37.3 Å². The van der Waals surface area contributed by atoms with Crippen molar-refractivity contribution in [2.24, 2.45) is 0 Å². The first kappa shape index (κ1) is 22.4. The molecule has 0 unspecified atom stereocenters. The Hall–Kier alpha value is -0.930. The molecule has 2 N–H and O–H groups in total. The van der Waals surface area contributed by atoms with Gasteiger partial charge in [-0.3, -0.25) is 0 Å². The third-order valence-corrected chi connectivity index (χ3v) is 3.31. The third kappa shape index (κ3) is 17.0. The summed E-state index contributed by atoms with van der Waals surface area (Å²) in [5.74, 6) is 2.39. The number of allylic oxidation sites excluding steroid dienone is 3. The zero-order valence-corrected chi connectivity index (χ0v) is 15.2. The van der Waals surface area contributed by atoms with E-state index in [1.54, 1.807) is 0 Å². The highest BCUT2D eigenvalue weighted by atomic mass is 32.2. The Bertz CT molecular complexity index is 306. The third-order valence-electron chi connectivity index (χ3n) is 2.41. The van der Waals surface area contributed by atoms with Crippen molar-refractivity contribution >= 4 is 11.8 Å². The minimum Gasteiger partial charge on any atom is -0.382 e. The highest BCUT2D eigenvalue weighted by Crippen LogP contribution is 2.04. The lowest BCUT2D eigenvalue weighted by molar-refractivity contribution is 0.804. The number of rotatable bonds is 12. The van der Waals surface area contributed by atoms with E-state index in [-0.39, 0.29) is 0 Å². The summed E-state index contributed by atoms with van der Waals surface area (Å²) in [4.78, 5) is 0. The van der Waals surface area contributed by atoms with Crippen LogP contribution < -0.4 is 10.6 Å². The molecule has 0 aliphatic heterocycles. The highest BCUT2D eigenvalue weighted by molar-refractivity contribution is 7.99. The summed E-state index contributed by atoms with van der Waals surface area (Å²) in [5.41, 5.74) is 2.17. The number of hydrogen-bond donors (Lipinski definition) is 2. The summed E-state index contributed by atoms with van der Waals surface area (Å²) in [6, 6.07) is 0. The van der Waals surface area contributed by atoms with Crippen LogP contribution >= 0.6 is 11.8 Å². The maximum absolute atomic E-state index is 3.96. The van der Waals surface area contributed by atoms with Gasteiger partial charge in [0.15, 0.2) is 0 Å². The molecule has 0 rings (SSSR count). The monoisotopic (exact) mass is 310 g/mol. The fourth-order valence-electron chi connectivity index (χ4n) is 1.42. The van der Waals surface area contributed by atoms with Crippen LogP contribution in [0, 0.1) is 0 Å². The van der Waals surface area contributed by atoms with Crippen molar-refractivity contribution in [1.82, 2.24) is 10.6 Å². The van der Waals surface area contributed by atoms with E-state index in [0.29, 0.717) is 0 Å². The smallest absolute Gasteiger partial charge is 0.0328 e. The second-order valence-electron chi connectivity index (χ2n) is 4.18. The topological polar surface area (TPSA) is 24.1 Å². The number of hydrogen-bond acceptors (Lipinski definition) is 3. The van der Waals surface area contributed by atoms with Gasteiger partial charge in [-0.25, -0.2) is 0 Å². The van der Waals surface area contributed by atoms with Gasteiger partial charge in [0.2, 0.25) is 0 Å². The molecule has 0 heterocycles. The molecule has 0 aliphatic carbocycles. The minimum atomic E-state index is 0.777. The molecule has 0 bridgehead atoms. The molecule has 0 aromatic heterocycles. The van der Waals surface area contributed by atoms with Crippen LogP contribution in [-0.4, -0.2) is 31.1 Å². The summed E-state index contributed by atoms with van der Waals surface area (Å²) in [6.07, 6.45) is 9.30. The largest absolute Gasteiger partial charge is 0.382 e. The summed E-state index contributed by atoms with van der Waals surface area (Å²) in [5, 5.41) is 6.68. The molecule has 0 atom stereocenters. The SMILES string of the molecule is C=CCN/C(=C\C/C=C/CNCCSCC)C(=C)C.CC. The van der Waals surface area contributed by atoms with Crippen molar-refractivity contribution in [2.45, 2.75) is 34.1 Å². The first-order valence-electron chi connectivity index (χ1n) is 7.86. The van der Waals surface area contributed by atoms with Crippen molar-refractivity contribution in [3.8, 4) is 0 Å². The van der Waals surface area contributed by atoms with Gasteiger partial charge in [-0.05, 0) is 24.7 Å². The molecule has 2 nitrogen and oxygen atoms in total. The van der Waals surface area contributed by atoms with E-state index < -0.39 is 0 Å². The van der Waals surface area contributed by atoms with Crippen LogP contribution in [0.2, 0.25) is 0 Å². The summed E-state index contributed by atoms with van der Waals surface area (Å²) in [6.45, 7) is 18.7. The van der Waals surface area contributed by atoms with Crippen LogP contribution in [0.25, 0.3) is 0 Å². The molecule has 0 amide bonds. The lowest BCUT2D eigenvalue weighted by Crippen LogP contribution is -2.16. The molecule has 0 aliphatic rings. The molecule has 0 saturated carbocycles. The van der Waals surface area contributed by atoms with Crippen LogP contribution in [0.4, 0.5) is 0 Å². The number of thioether (sulfide) groups is 1. The van der Waals surface area contributed by atoms with Gasteiger partial charge in [0.1, 0.15) is 0 Å². The molecule has 122 valence electrons. The van der Waals surface area contributed by atoms with E-state index in [9.17, 15) is 0 Å². The first-order valence-corrected chi connectivity index (χ1v) is 9.02. The molecule has 0 spiro atoms. The zero-order valence-electron chi connectivity index (χ0n) is 14.4. The highest BCUT2D eigenvalue weighted by Gasteiger charge is 1.93. The summed E-state index contributed by atoms with van der Waals surface area (Å²) in [7, 11) is 0. The Morgan fingerprint density at radius 1 is 1.19 bits per heavy atom. The van der Waals surface area contributed by atoms with Crippen molar-refractivity contribution in [1.29, 1.82) is 0 Å². The van der Waals surface area contributed by atoms with Gasteiger partial charge in [0.05, 0.1) is 0 Å². The molecule has 0 saturated heterocycles. The van der Waals surface area contributed by atoms with Crippen molar-refractivity contribution < 1.29 is 0 Å². The van der Waals surface area contributed by atoms with Gasteiger partial charge in [-0.2, -0.15) is 11.8 Å². The minimum absolute atomic E-state index is 0.777. The van der Waals surface area contributed by atoms with Gasteiger partial charge in [0.25, 0.3) is 0 Å². The van der Waals surface area contributed by atoms with Crippen molar-refractivity contribution in [2.75, 3.05) is 31.1 Å². The van der Waals surface area contributed by atoms with Crippen LogP contribution in [0.15, 0.2) is 48.7 Å². The molecule has 0 fully saturated rings. The van der Waals surface area contributed by atoms with Crippen molar-refractivity contribution in [3.05, 3.63) is 48.7 Å². The summed E-state index contributed by atoms with van der Waals surface area (Å²) >= 11 is 1.97. The zero-order chi connectivity index (χ0) is 16.3. The average Bonchev–Trinajstić information content (AvgIpc) is 2.50. The quantitative estimate of drug-likeness (QED) is 0.314. The lowest BCUT2D eigenvalue weighted by atomic mass is 10.2. The van der Waals surface area contributed by atoms with Crippen LogP contribution in [0.3, 0.4) is 0 Å². The molecule has 21 heavy (non-hydrogen) atoms. The molecular weight excluding hydrogens is 276 g/mol. The molecule has 0 radical (unpaired) electrons. The molecule has 3 heteroatoms. The van der Waals surface area contributed by atoms with Crippen molar-refractivity contribution in [3.63, 3.8) is 0 Å². The molecule has 0 aromatic rings. The Labute approximate surface area is 136 Å². The number of nitrogens with one attached hydrogen (secondary N) is 2. The Balaban J connectivity index is 0. The van der Waals surface area contributed by atoms with Crippen LogP contribution in [0.5, 0.6) is 0 Å². The van der Waals surface area contributed by atoms with Gasteiger partial charge in [-0.15, -0.1) is 6.58 Å². The van der Waals surface area contributed by atoms with E-state index in [1.165, 1.54) is 11.5 Å². The molecule has 0 aromatic carbocycles. The maximum atomic E-state index is 3.96. The maximum Gasteiger partial charge on any atom is 0.0328 e. The fraction of sp³-hybridized carbons (Fsp3) is 0.556. The predicted molar refractivity (Wildman–Crippen MR) is 102 cm³/mol. The van der Waals surface area contributed by atoms with Gasteiger partial charge >= 0.3 is 0 Å². The normalized spacial score (nSPS) is 11.0. The second kappa shape index (κ2) is 19.1. The molecular formula is C18H34N2S. The lowest BCUT2D eigenvalue weighted by Gasteiger charge is -2.08. The van der Waals surface area contributed by atoms with E-state index in [2.05, 4.69) is 48.9 Å².